The maximum Gasteiger partial charge on any atom is 0.241 e. The Balaban J connectivity index is 2.58. The molecule has 19 heavy (non-hydrogen) atoms. The maximum absolute atomic E-state index is 12.1. The van der Waals surface area contributed by atoms with E-state index in [-0.39, 0.29) is 5.25 Å². The highest BCUT2D eigenvalue weighted by Crippen LogP contribution is 2.19. The minimum absolute atomic E-state index is 0.277. The summed E-state index contributed by atoms with van der Waals surface area (Å²) in [6.07, 6.45) is 3.05. The smallest absolute Gasteiger partial charge is 0.241 e. The third-order valence-electron chi connectivity index (χ3n) is 2.63. The van der Waals surface area contributed by atoms with Crippen molar-refractivity contribution in [3.63, 3.8) is 0 Å². The molecule has 0 aromatic carbocycles. The van der Waals surface area contributed by atoms with Gasteiger partial charge in [0, 0.05) is 28.6 Å². The molecule has 0 radical (unpaired) electrons. The molecule has 110 valence electrons. The highest BCUT2D eigenvalue weighted by atomic mass is 32.2. The SMILES string of the molecule is CCCNCc1cc(S(=O)(=O)NCC(C)SC)cs1. The van der Waals surface area contributed by atoms with Gasteiger partial charge in [-0.25, -0.2) is 13.1 Å². The van der Waals surface area contributed by atoms with Crippen molar-refractivity contribution in [3.05, 3.63) is 16.3 Å². The van der Waals surface area contributed by atoms with E-state index in [1.54, 1.807) is 23.2 Å². The molecule has 1 atom stereocenters. The van der Waals surface area contributed by atoms with Gasteiger partial charge in [-0.15, -0.1) is 11.3 Å². The molecule has 0 saturated carbocycles. The largest absolute Gasteiger partial charge is 0.312 e. The molecule has 0 fully saturated rings. The zero-order chi connectivity index (χ0) is 14.3. The van der Waals surface area contributed by atoms with Gasteiger partial charge in [-0.2, -0.15) is 11.8 Å². The lowest BCUT2D eigenvalue weighted by Crippen LogP contribution is -2.29. The molecular weight excluding hydrogens is 300 g/mol. The van der Waals surface area contributed by atoms with Crippen molar-refractivity contribution in [2.75, 3.05) is 19.3 Å². The summed E-state index contributed by atoms with van der Waals surface area (Å²) >= 11 is 3.13. The Morgan fingerprint density at radius 1 is 1.47 bits per heavy atom. The molecule has 1 unspecified atom stereocenters. The third kappa shape index (κ3) is 5.83. The zero-order valence-corrected chi connectivity index (χ0v) is 14.1. The Labute approximate surface area is 124 Å². The first-order valence-electron chi connectivity index (χ1n) is 6.30. The second-order valence-corrected chi connectivity index (χ2v) is 8.36. The maximum atomic E-state index is 12.1. The van der Waals surface area contributed by atoms with E-state index < -0.39 is 10.0 Å². The summed E-state index contributed by atoms with van der Waals surface area (Å²) in [5.74, 6) is 0. The fraction of sp³-hybridized carbons (Fsp3) is 0.667. The van der Waals surface area contributed by atoms with E-state index in [0.29, 0.717) is 11.4 Å². The number of sulfonamides is 1. The van der Waals surface area contributed by atoms with Gasteiger partial charge in [0.25, 0.3) is 0 Å². The van der Waals surface area contributed by atoms with E-state index in [1.165, 1.54) is 11.3 Å². The molecule has 0 bridgehead atoms. The Hall–Kier alpha value is -0.0800. The van der Waals surface area contributed by atoms with Gasteiger partial charge in [0.2, 0.25) is 10.0 Å². The van der Waals surface area contributed by atoms with E-state index in [9.17, 15) is 8.42 Å². The van der Waals surface area contributed by atoms with Crippen LogP contribution in [-0.4, -0.2) is 33.0 Å². The quantitative estimate of drug-likeness (QED) is 0.685. The lowest BCUT2D eigenvalue weighted by atomic mass is 10.4. The summed E-state index contributed by atoms with van der Waals surface area (Å²) in [5.41, 5.74) is 0. The van der Waals surface area contributed by atoms with Crippen molar-refractivity contribution in [3.8, 4) is 0 Å². The molecule has 1 rings (SSSR count). The van der Waals surface area contributed by atoms with E-state index in [4.69, 9.17) is 0 Å². The number of hydrogen-bond donors (Lipinski definition) is 2. The van der Waals surface area contributed by atoms with Crippen molar-refractivity contribution < 1.29 is 8.42 Å². The van der Waals surface area contributed by atoms with Gasteiger partial charge in [0.1, 0.15) is 0 Å². The molecule has 2 N–H and O–H groups in total. The first-order valence-corrected chi connectivity index (χ1v) is 9.95. The van der Waals surface area contributed by atoms with Crippen LogP contribution in [0.25, 0.3) is 0 Å². The first-order chi connectivity index (χ1) is 8.99. The Morgan fingerprint density at radius 3 is 2.84 bits per heavy atom. The van der Waals surface area contributed by atoms with Crippen molar-refractivity contribution in [2.24, 2.45) is 0 Å². The van der Waals surface area contributed by atoms with Crippen LogP contribution in [0.15, 0.2) is 16.3 Å². The molecule has 7 heteroatoms. The van der Waals surface area contributed by atoms with Crippen LogP contribution < -0.4 is 10.0 Å². The van der Waals surface area contributed by atoms with Crippen LogP contribution in [0.1, 0.15) is 25.1 Å². The van der Waals surface area contributed by atoms with Crippen molar-refractivity contribution in [2.45, 2.75) is 37.0 Å². The summed E-state index contributed by atoms with van der Waals surface area (Å²) < 4.78 is 26.8. The van der Waals surface area contributed by atoms with E-state index in [2.05, 4.69) is 17.0 Å². The standard InChI is InChI=1S/C12H22N2O2S3/c1-4-5-13-8-11-6-12(9-18-11)19(15,16)14-7-10(2)17-3/h6,9-10,13-14H,4-5,7-8H2,1-3H3. The van der Waals surface area contributed by atoms with Crippen LogP contribution in [0.3, 0.4) is 0 Å². The normalized spacial score (nSPS) is 13.6. The van der Waals surface area contributed by atoms with Crippen LogP contribution in [-0.2, 0) is 16.6 Å². The van der Waals surface area contributed by atoms with Crippen molar-refractivity contribution >= 4 is 33.1 Å². The molecule has 1 heterocycles. The number of thioether (sulfide) groups is 1. The molecule has 0 aliphatic carbocycles. The third-order valence-corrected chi connectivity index (χ3v) is 6.09. The Morgan fingerprint density at radius 2 is 2.21 bits per heavy atom. The predicted octanol–water partition coefficient (Wildman–Crippen LogP) is 2.28. The van der Waals surface area contributed by atoms with Crippen LogP contribution in [0.2, 0.25) is 0 Å². The van der Waals surface area contributed by atoms with Crippen LogP contribution in [0.4, 0.5) is 0 Å². The zero-order valence-electron chi connectivity index (χ0n) is 11.6. The average Bonchev–Trinajstić information content (AvgIpc) is 2.86. The predicted molar refractivity (Wildman–Crippen MR) is 84.5 cm³/mol. The summed E-state index contributed by atoms with van der Waals surface area (Å²) in [6, 6.07) is 1.75. The number of rotatable bonds is 9. The van der Waals surface area contributed by atoms with Gasteiger partial charge in [0.05, 0.1) is 4.90 Å². The molecule has 0 aliphatic heterocycles. The lowest BCUT2D eigenvalue weighted by molar-refractivity contribution is 0.581. The van der Waals surface area contributed by atoms with Crippen LogP contribution >= 0.6 is 23.1 Å². The minimum Gasteiger partial charge on any atom is -0.312 e. The van der Waals surface area contributed by atoms with Crippen LogP contribution in [0.5, 0.6) is 0 Å². The monoisotopic (exact) mass is 322 g/mol. The summed E-state index contributed by atoms with van der Waals surface area (Å²) in [4.78, 5) is 1.42. The molecule has 4 nitrogen and oxygen atoms in total. The molecule has 0 aliphatic rings. The van der Waals surface area contributed by atoms with Crippen LogP contribution in [0, 0.1) is 0 Å². The van der Waals surface area contributed by atoms with Gasteiger partial charge < -0.3 is 5.32 Å². The molecular formula is C12H22N2O2S3. The summed E-state index contributed by atoms with van der Waals surface area (Å²) in [5, 5.41) is 5.25. The first kappa shape index (κ1) is 17.0. The van der Waals surface area contributed by atoms with Gasteiger partial charge >= 0.3 is 0 Å². The summed E-state index contributed by atoms with van der Waals surface area (Å²) in [6.45, 7) is 6.25. The average molecular weight is 323 g/mol. The fourth-order valence-corrected chi connectivity index (χ4v) is 4.11. The van der Waals surface area contributed by atoms with Gasteiger partial charge in [-0.1, -0.05) is 13.8 Å². The number of nitrogens with one attached hydrogen (secondary N) is 2. The number of thiophene rings is 1. The Kier molecular flexibility index (Phi) is 7.38. The molecule has 0 saturated heterocycles. The van der Waals surface area contributed by atoms with E-state index >= 15 is 0 Å². The molecule has 0 amide bonds. The number of hydrogen-bond acceptors (Lipinski definition) is 5. The minimum atomic E-state index is -3.36. The molecule has 0 spiro atoms. The fourth-order valence-electron chi connectivity index (χ4n) is 1.38. The lowest BCUT2D eigenvalue weighted by Gasteiger charge is -2.09. The van der Waals surface area contributed by atoms with E-state index in [1.807, 2.05) is 13.2 Å². The van der Waals surface area contributed by atoms with E-state index in [0.717, 1.165) is 24.4 Å². The van der Waals surface area contributed by atoms with Gasteiger partial charge in [0.15, 0.2) is 0 Å². The topological polar surface area (TPSA) is 58.2 Å². The molecule has 1 aromatic heterocycles. The Bertz CT molecular complexity index is 471. The second-order valence-electron chi connectivity index (χ2n) is 4.32. The van der Waals surface area contributed by atoms with Gasteiger partial charge in [-0.05, 0) is 25.3 Å². The van der Waals surface area contributed by atoms with Gasteiger partial charge in [-0.3, -0.25) is 0 Å². The highest BCUT2D eigenvalue weighted by molar-refractivity contribution is 7.99. The summed E-state index contributed by atoms with van der Waals surface area (Å²) in [7, 11) is -3.36. The molecule has 1 aromatic rings. The van der Waals surface area contributed by atoms with Crippen molar-refractivity contribution in [1.29, 1.82) is 0 Å². The van der Waals surface area contributed by atoms with Crippen molar-refractivity contribution in [1.82, 2.24) is 10.0 Å². The second kappa shape index (κ2) is 8.26. The highest BCUT2D eigenvalue weighted by Gasteiger charge is 2.16.